The Morgan fingerprint density at radius 2 is 2.14 bits per heavy atom. The summed E-state index contributed by atoms with van der Waals surface area (Å²) in [6.45, 7) is 3.70. The third kappa shape index (κ3) is 2.66. The Morgan fingerprint density at radius 1 is 1.29 bits per heavy atom. The monoisotopic (exact) mass is 376 g/mol. The Balaban J connectivity index is 1.63. The lowest BCUT2D eigenvalue weighted by Crippen LogP contribution is -2.37. The van der Waals surface area contributed by atoms with E-state index >= 15 is 0 Å². The predicted octanol–water partition coefficient (Wildman–Crippen LogP) is 3.63. The Bertz CT molecular complexity index is 1040. The van der Waals surface area contributed by atoms with E-state index in [2.05, 4.69) is 27.5 Å². The molecule has 1 aliphatic carbocycles. The number of carbonyl (C=O) groups is 1. The zero-order valence-electron chi connectivity index (χ0n) is 16.3. The molecule has 2 aliphatic heterocycles. The van der Waals surface area contributed by atoms with Gasteiger partial charge in [0, 0.05) is 37.6 Å². The first-order valence-corrected chi connectivity index (χ1v) is 10.0. The molecule has 0 bridgehead atoms. The summed E-state index contributed by atoms with van der Waals surface area (Å²) in [4.78, 5) is 23.0. The summed E-state index contributed by atoms with van der Waals surface area (Å²) >= 11 is 0. The van der Waals surface area contributed by atoms with Crippen molar-refractivity contribution in [3.05, 3.63) is 42.5 Å². The number of hydrogen-bond acceptors (Lipinski definition) is 4. The molecule has 1 amide bonds. The van der Waals surface area contributed by atoms with Crippen LogP contribution in [0.15, 0.2) is 41.9 Å². The molecule has 0 N–H and O–H groups in total. The van der Waals surface area contributed by atoms with Gasteiger partial charge in [0.05, 0.1) is 29.9 Å². The van der Waals surface area contributed by atoms with Crippen LogP contribution < -0.4 is 4.74 Å². The van der Waals surface area contributed by atoms with Gasteiger partial charge in [-0.2, -0.15) is 0 Å². The van der Waals surface area contributed by atoms with E-state index < -0.39 is 0 Å². The average molecular weight is 376 g/mol. The predicted molar refractivity (Wildman–Crippen MR) is 109 cm³/mol. The summed E-state index contributed by atoms with van der Waals surface area (Å²) in [5.74, 6) is 1.32. The van der Waals surface area contributed by atoms with Gasteiger partial charge in [-0.3, -0.25) is 9.79 Å². The van der Waals surface area contributed by atoms with Crippen LogP contribution in [0.3, 0.4) is 0 Å². The molecule has 3 heterocycles. The number of aryl methyl sites for hydroxylation is 1. The normalized spacial score (nSPS) is 21.6. The van der Waals surface area contributed by atoms with Gasteiger partial charge in [0.1, 0.15) is 11.5 Å². The van der Waals surface area contributed by atoms with Gasteiger partial charge in [-0.05, 0) is 37.3 Å². The van der Waals surface area contributed by atoms with Gasteiger partial charge in [-0.15, -0.1) is 0 Å². The van der Waals surface area contributed by atoms with Crippen LogP contribution >= 0.6 is 0 Å². The van der Waals surface area contributed by atoms with E-state index in [9.17, 15) is 4.79 Å². The number of imidazole rings is 1. The fourth-order valence-corrected chi connectivity index (χ4v) is 4.13. The van der Waals surface area contributed by atoms with E-state index in [0.717, 1.165) is 41.1 Å². The van der Waals surface area contributed by atoms with Crippen LogP contribution in [-0.2, 0) is 11.3 Å². The molecule has 1 fully saturated rings. The van der Waals surface area contributed by atoms with Crippen molar-refractivity contribution in [2.45, 2.75) is 32.7 Å². The topological polar surface area (TPSA) is 59.7 Å². The minimum absolute atomic E-state index is 0.0460. The molecule has 0 spiro atoms. The molecule has 5 rings (SSSR count). The highest BCUT2D eigenvalue weighted by Gasteiger charge is 2.35. The van der Waals surface area contributed by atoms with Gasteiger partial charge in [0.15, 0.2) is 0 Å². The summed E-state index contributed by atoms with van der Waals surface area (Å²) in [7, 11) is 1.78. The zero-order chi connectivity index (χ0) is 19.3. The third-order valence-electron chi connectivity index (χ3n) is 6.07. The molecule has 1 atom stereocenters. The van der Waals surface area contributed by atoms with Crippen molar-refractivity contribution >= 4 is 28.2 Å². The number of benzene rings is 1. The van der Waals surface area contributed by atoms with E-state index in [-0.39, 0.29) is 11.8 Å². The van der Waals surface area contributed by atoms with Gasteiger partial charge in [0.2, 0.25) is 0 Å². The molecule has 1 unspecified atom stereocenters. The highest BCUT2D eigenvalue weighted by molar-refractivity contribution is 6.44. The second-order valence-electron chi connectivity index (χ2n) is 7.81. The van der Waals surface area contributed by atoms with Crippen LogP contribution in [0.25, 0.3) is 16.6 Å². The van der Waals surface area contributed by atoms with Crippen molar-refractivity contribution in [3.63, 3.8) is 0 Å². The molecular weight excluding hydrogens is 352 g/mol. The maximum Gasteiger partial charge on any atom is 0.272 e. The van der Waals surface area contributed by atoms with Crippen molar-refractivity contribution < 1.29 is 9.53 Å². The molecule has 6 heteroatoms. The van der Waals surface area contributed by atoms with Crippen LogP contribution in [0.4, 0.5) is 0 Å². The Labute approximate surface area is 164 Å². The number of amides is 1. The summed E-state index contributed by atoms with van der Waals surface area (Å²) in [6.07, 6.45) is 11.3. The lowest BCUT2D eigenvalue weighted by Gasteiger charge is -2.29. The van der Waals surface area contributed by atoms with Crippen LogP contribution in [0.2, 0.25) is 0 Å². The number of allylic oxidation sites excluding steroid dienone is 2. The first-order valence-electron chi connectivity index (χ1n) is 10.0. The number of fused-ring (bicyclic) bond motifs is 2. The lowest BCUT2D eigenvalue weighted by atomic mass is 9.85. The average Bonchev–Trinajstić information content (AvgIpc) is 3.29. The van der Waals surface area contributed by atoms with Crippen LogP contribution in [-0.4, -0.2) is 39.7 Å². The summed E-state index contributed by atoms with van der Waals surface area (Å²) in [6, 6.07) is 4.20. The summed E-state index contributed by atoms with van der Waals surface area (Å²) in [5, 5.41) is 0. The van der Waals surface area contributed by atoms with Gasteiger partial charge < -0.3 is 14.2 Å². The van der Waals surface area contributed by atoms with E-state index in [1.54, 1.807) is 18.1 Å². The molecule has 6 nitrogen and oxygen atoms in total. The molecule has 1 aromatic heterocycles. The highest BCUT2D eigenvalue weighted by Crippen LogP contribution is 2.40. The summed E-state index contributed by atoms with van der Waals surface area (Å²) in [5.41, 5.74) is 4.66. The molecule has 0 radical (unpaired) electrons. The second kappa shape index (κ2) is 6.62. The Hall–Kier alpha value is -2.89. The number of carbonyl (C=O) groups excluding carboxylic acids is 1. The molecule has 3 aliphatic rings. The molecule has 2 aromatic rings. The number of rotatable bonds is 5. The maximum absolute atomic E-state index is 12.5. The van der Waals surface area contributed by atoms with Crippen molar-refractivity contribution in [1.82, 2.24) is 14.5 Å². The number of aromatic nitrogens is 2. The van der Waals surface area contributed by atoms with Gasteiger partial charge in [0.25, 0.3) is 5.91 Å². The highest BCUT2D eigenvalue weighted by atomic mass is 16.5. The fourth-order valence-electron chi connectivity index (χ4n) is 4.13. The van der Waals surface area contributed by atoms with Crippen molar-refractivity contribution in [3.8, 4) is 5.75 Å². The minimum atomic E-state index is -0.120. The van der Waals surface area contributed by atoms with E-state index in [0.29, 0.717) is 11.6 Å². The van der Waals surface area contributed by atoms with Crippen molar-refractivity contribution in [1.29, 1.82) is 0 Å². The fraction of sp³-hybridized carbons (Fsp3) is 0.409. The van der Waals surface area contributed by atoms with Crippen LogP contribution in [0, 0.1) is 11.8 Å². The third-order valence-corrected chi connectivity index (χ3v) is 6.07. The lowest BCUT2D eigenvalue weighted by molar-refractivity contribution is -0.121. The number of nitrogens with zero attached hydrogens (tertiary/aromatic N) is 4. The maximum atomic E-state index is 12.5. The minimum Gasteiger partial charge on any atom is -0.493 e. The molecule has 1 aromatic carbocycles. The second-order valence-corrected chi connectivity index (χ2v) is 7.81. The first-order chi connectivity index (χ1) is 13.7. The first kappa shape index (κ1) is 17.2. The zero-order valence-corrected chi connectivity index (χ0v) is 16.3. The molecular formula is C22H24N4O2. The van der Waals surface area contributed by atoms with Gasteiger partial charge in [-0.25, -0.2) is 4.98 Å². The van der Waals surface area contributed by atoms with Crippen LogP contribution in [0.5, 0.6) is 5.75 Å². The smallest absolute Gasteiger partial charge is 0.272 e. The van der Waals surface area contributed by atoms with Gasteiger partial charge in [-0.1, -0.05) is 12.5 Å². The molecule has 28 heavy (non-hydrogen) atoms. The standard InChI is InChI=1S/C22H24N4O2/c1-3-26-13-24-18-10-20(28-12-14-5-4-6-14)16(9-19(18)26)17-11-25(2)22(27)21-15(17)7-8-23-21/h7-11,13-15H,3-6,12H2,1-2H3. The molecule has 1 saturated carbocycles. The molecule has 144 valence electrons. The van der Waals surface area contributed by atoms with Crippen molar-refractivity contribution in [2.75, 3.05) is 13.7 Å². The van der Waals surface area contributed by atoms with E-state index in [4.69, 9.17) is 4.74 Å². The Kier molecular flexibility index (Phi) is 4.07. The van der Waals surface area contributed by atoms with Crippen molar-refractivity contribution in [2.24, 2.45) is 16.8 Å². The van der Waals surface area contributed by atoms with E-state index in [1.807, 2.05) is 24.7 Å². The Morgan fingerprint density at radius 3 is 2.89 bits per heavy atom. The summed E-state index contributed by atoms with van der Waals surface area (Å²) < 4.78 is 8.43. The number of ether oxygens (including phenoxy) is 1. The number of hydrogen-bond donors (Lipinski definition) is 0. The number of aliphatic imine (C=N–C) groups is 1. The SMILES string of the molecule is CCn1cnc2cc(OCC3CCC3)c(C3=CN(C)C(=O)C4=NC=CC34)cc21. The molecule has 0 saturated heterocycles. The largest absolute Gasteiger partial charge is 0.493 e. The van der Waals surface area contributed by atoms with Crippen LogP contribution in [0.1, 0.15) is 31.7 Å². The van der Waals surface area contributed by atoms with E-state index in [1.165, 1.54) is 19.3 Å². The quantitative estimate of drug-likeness (QED) is 0.801. The van der Waals surface area contributed by atoms with Gasteiger partial charge >= 0.3 is 0 Å².